The second-order valence-electron chi connectivity index (χ2n) is 13.7. The molecule has 0 unspecified atom stereocenters. The zero-order valence-electron chi connectivity index (χ0n) is 23.2. The summed E-state index contributed by atoms with van der Waals surface area (Å²) in [4.78, 5) is 11.7. The van der Waals surface area contributed by atoms with Crippen molar-refractivity contribution in [3.05, 3.63) is 22.8 Å². The Labute approximate surface area is 208 Å². The van der Waals surface area contributed by atoms with E-state index in [2.05, 4.69) is 47.6 Å². The lowest BCUT2D eigenvalue weighted by molar-refractivity contribution is -0.136. The van der Waals surface area contributed by atoms with E-state index in [0.717, 1.165) is 37.2 Å². The Morgan fingerprint density at radius 2 is 1.76 bits per heavy atom. The number of esters is 1. The maximum atomic E-state index is 11.7. The number of ether oxygens (including phenoxy) is 1. The molecule has 192 valence electrons. The summed E-state index contributed by atoms with van der Waals surface area (Å²) in [5.41, 5.74) is 5.30. The van der Waals surface area contributed by atoms with Crippen LogP contribution in [0.2, 0.25) is 0 Å². The van der Waals surface area contributed by atoms with Crippen molar-refractivity contribution >= 4 is 5.97 Å². The molecule has 0 heterocycles. The van der Waals surface area contributed by atoms with Crippen molar-refractivity contribution in [2.24, 2.45) is 39.4 Å². The van der Waals surface area contributed by atoms with Gasteiger partial charge in [-0.3, -0.25) is 0 Å². The van der Waals surface area contributed by atoms with Crippen molar-refractivity contribution in [1.82, 2.24) is 0 Å². The first kappa shape index (κ1) is 26.0. The molecule has 0 amide bonds. The number of carbonyl (C=O) groups excluding carboxylic acids is 1. The Hall–Kier alpha value is -1.09. The quantitative estimate of drug-likeness (QED) is 0.255. The average Bonchev–Trinajstić information content (AvgIpc) is 3.07. The van der Waals surface area contributed by atoms with Crippen LogP contribution in [0.25, 0.3) is 0 Å². The van der Waals surface area contributed by atoms with Crippen LogP contribution in [-0.4, -0.2) is 24.3 Å². The molecule has 0 bridgehead atoms. The zero-order valence-corrected chi connectivity index (χ0v) is 23.2. The smallest absolute Gasteiger partial charge is 0.333 e. The summed E-state index contributed by atoms with van der Waals surface area (Å²) < 4.78 is 4.86. The fourth-order valence-electron chi connectivity index (χ4n) is 9.64. The van der Waals surface area contributed by atoms with Gasteiger partial charge < -0.3 is 9.84 Å². The van der Waals surface area contributed by atoms with Gasteiger partial charge in [0.25, 0.3) is 0 Å². The predicted octanol–water partition coefficient (Wildman–Crippen LogP) is 7.63. The van der Waals surface area contributed by atoms with Gasteiger partial charge in [-0.2, -0.15) is 0 Å². The van der Waals surface area contributed by atoms with Crippen LogP contribution in [0.4, 0.5) is 0 Å². The minimum atomic E-state index is -0.206. The highest BCUT2D eigenvalue weighted by atomic mass is 16.5. The highest BCUT2D eigenvalue weighted by Gasteiger charge is 2.63. The fraction of sp³-hybridized carbons (Fsp3) is 0.839. The molecule has 0 radical (unpaired) electrons. The SMILES string of the molecule is COC(=O)/C(C)=C/CC[C@@H](C)[C@H]1CC[C@]2(C)C3=C(CC[C@@]12C)[C@@]1(C)CC[C@@H](O)C(C)(C)[C@@H]1CC3. The monoisotopic (exact) mass is 470 g/mol. The molecule has 3 nitrogen and oxygen atoms in total. The van der Waals surface area contributed by atoms with Gasteiger partial charge in [0.2, 0.25) is 0 Å². The van der Waals surface area contributed by atoms with Crippen LogP contribution < -0.4 is 0 Å². The van der Waals surface area contributed by atoms with Crippen LogP contribution in [0.5, 0.6) is 0 Å². The molecule has 4 rings (SSSR count). The minimum absolute atomic E-state index is 0.00968. The fourth-order valence-corrected chi connectivity index (χ4v) is 9.64. The van der Waals surface area contributed by atoms with E-state index in [9.17, 15) is 9.90 Å². The predicted molar refractivity (Wildman–Crippen MR) is 139 cm³/mol. The van der Waals surface area contributed by atoms with Crippen molar-refractivity contribution in [1.29, 1.82) is 0 Å². The molecule has 4 aliphatic carbocycles. The lowest BCUT2D eigenvalue weighted by Gasteiger charge is -2.62. The highest BCUT2D eigenvalue weighted by Crippen LogP contribution is 2.72. The molecule has 0 aromatic carbocycles. The molecule has 0 aromatic heterocycles. The number of fused-ring (bicyclic) bond motifs is 4. The number of aliphatic hydroxyl groups is 1. The lowest BCUT2D eigenvalue weighted by atomic mass is 9.43. The number of allylic oxidation sites excluding steroid dienone is 3. The van der Waals surface area contributed by atoms with Crippen LogP contribution in [0, 0.1) is 39.4 Å². The molecule has 0 spiro atoms. The van der Waals surface area contributed by atoms with E-state index < -0.39 is 0 Å². The summed E-state index contributed by atoms with van der Waals surface area (Å²) in [7, 11) is 1.46. The van der Waals surface area contributed by atoms with E-state index in [-0.39, 0.29) is 22.9 Å². The second kappa shape index (κ2) is 8.79. The van der Waals surface area contributed by atoms with E-state index in [1.807, 2.05) is 12.5 Å². The normalized spacial score (nSPS) is 42.5. The molecule has 2 fully saturated rings. The number of aliphatic hydroxyl groups excluding tert-OH is 1. The zero-order chi connectivity index (χ0) is 25.1. The number of hydrogen-bond acceptors (Lipinski definition) is 3. The molecule has 0 aliphatic heterocycles. The van der Waals surface area contributed by atoms with Gasteiger partial charge in [0.1, 0.15) is 0 Å². The molecule has 34 heavy (non-hydrogen) atoms. The van der Waals surface area contributed by atoms with Crippen LogP contribution in [0.3, 0.4) is 0 Å². The number of rotatable bonds is 5. The summed E-state index contributed by atoms with van der Waals surface area (Å²) in [6.45, 7) is 16.7. The summed E-state index contributed by atoms with van der Waals surface area (Å²) in [5, 5.41) is 10.8. The Balaban J connectivity index is 1.57. The molecule has 2 saturated carbocycles. The van der Waals surface area contributed by atoms with Gasteiger partial charge >= 0.3 is 5.97 Å². The van der Waals surface area contributed by atoms with Gasteiger partial charge in [-0.15, -0.1) is 0 Å². The summed E-state index contributed by atoms with van der Waals surface area (Å²) in [6.07, 6.45) is 13.8. The van der Waals surface area contributed by atoms with E-state index in [1.54, 1.807) is 5.57 Å². The molecule has 0 saturated heterocycles. The van der Waals surface area contributed by atoms with E-state index in [1.165, 1.54) is 45.6 Å². The molecular weight excluding hydrogens is 420 g/mol. The molecule has 1 N–H and O–H groups in total. The van der Waals surface area contributed by atoms with Gasteiger partial charge in [0.15, 0.2) is 0 Å². The van der Waals surface area contributed by atoms with Crippen molar-refractivity contribution in [2.45, 2.75) is 119 Å². The molecule has 3 heteroatoms. The minimum Gasteiger partial charge on any atom is -0.466 e. The van der Waals surface area contributed by atoms with Crippen molar-refractivity contribution in [2.75, 3.05) is 7.11 Å². The first-order chi connectivity index (χ1) is 15.8. The largest absolute Gasteiger partial charge is 0.466 e. The van der Waals surface area contributed by atoms with Crippen LogP contribution in [-0.2, 0) is 9.53 Å². The summed E-state index contributed by atoms with van der Waals surface area (Å²) in [5.74, 6) is 1.79. The maximum Gasteiger partial charge on any atom is 0.333 e. The average molecular weight is 471 g/mol. The maximum absolute atomic E-state index is 11.7. The lowest BCUT2D eigenvalue weighted by Crippen LogP contribution is -2.55. The van der Waals surface area contributed by atoms with E-state index in [0.29, 0.717) is 22.7 Å². The number of hydrogen-bond donors (Lipinski definition) is 1. The summed E-state index contributed by atoms with van der Waals surface area (Å²) in [6, 6.07) is 0. The summed E-state index contributed by atoms with van der Waals surface area (Å²) >= 11 is 0. The van der Waals surface area contributed by atoms with E-state index in [4.69, 9.17) is 4.74 Å². The van der Waals surface area contributed by atoms with Gasteiger partial charge in [-0.05, 0) is 111 Å². The van der Waals surface area contributed by atoms with Crippen LogP contribution in [0.1, 0.15) is 113 Å². The Bertz CT molecular complexity index is 881. The topological polar surface area (TPSA) is 46.5 Å². The molecule has 0 aromatic rings. The Morgan fingerprint density at radius 1 is 1.06 bits per heavy atom. The van der Waals surface area contributed by atoms with E-state index >= 15 is 0 Å². The first-order valence-electron chi connectivity index (χ1n) is 14.0. The van der Waals surface area contributed by atoms with Gasteiger partial charge in [0, 0.05) is 5.57 Å². The third kappa shape index (κ3) is 3.66. The van der Waals surface area contributed by atoms with Crippen LogP contribution >= 0.6 is 0 Å². The van der Waals surface area contributed by atoms with Gasteiger partial charge in [-0.25, -0.2) is 4.79 Å². The molecule has 4 aliphatic rings. The third-order valence-electron chi connectivity index (χ3n) is 12.1. The standard InChI is InChI=1S/C31H50O3/c1-20(10-9-11-21(2)27(33)34-8)22-14-18-31(7)24-12-13-25-28(3,4)26(32)16-17-29(25,5)23(24)15-19-30(22,31)6/h11,20,22,25-26,32H,9-10,12-19H2,1-8H3/b21-11+/t20-,22-,25+,26-,29-,30+,31-/m1/s1. The number of carbonyl (C=O) groups is 1. The third-order valence-corrected chi connectivity index (χ3v) is 12.1. The van der Waals surface area contributed by atoms with Gasteiger partial charge in [-0.1, -0.05) is 58.8 Å². The van der Waals surface area contributed by atoms with Crippen molar-refractivity contribution in [3.63, 3.8) is 0 Å². The molecule has 7 atom stereocenters. The van der Waals surface area contributed by atoms with Crippen LogP contribution in [0.15, 0.2) is 22.8 Å². The first-order valence-corrected chi connectivity index (χ1v) is 14.0. The number of methoxy groups -OCH3 is 1. The van der Waals surface area contributed by atoms with Gasteiger partial charge in [0.05, 0.1) is 13.2 Å². The highest BCUT2D eigenvalue weighted by molar-refractivity contribution is 5.87. The Morgan fingerprint density at radius 3 is 2.44 bits per heavy atom. The second-order valence-corrected chi connectivity index (χ2v) is 13.7. The van der Waals surface area contributed by atoms with Crippen molar-refractivity contribution in [3.8, 4) is 0 Å². The Kier molecular flexibility index (Phi) is 6.71. The molecular formula is C31H50O3. The van der Waals surface area contributed by atoms with Crippen molar-refractivity contribution < 1.29 is 14.6 Å².